The highest BCUT2D eigenvalue weighted by molar-refractivity contribution is 7.90. The van der Waals surface area contributed by atoms with Crippen LogP contribution in [-0.4, -0.2) is 31.7 Å². The number of hydrogen-bond acceptors (Lipinski definition) is 4. The molecule has 98 valence electrons. The maximum absolute atomic E-state index is 11.5. The Morgan fingerprint density at radius 1 is 1.28 bits per heavy atom. The van der Waals surface area contributed by atoms with Crippen molar-refractivity contribution in [3.05, 3.63) is 24.3 Å². The summed E-state index contributed by atoms with van der Waals surface area (Å²) in [7, 11) is -3.49. The van der Waals surface area contributed by atoms with E-state index in [1.807, 2.05) is 0 Å². The van der Waals surface area contributed by atoms with Crippen LogP contribution in [0.3, 0.4) is 0 Å². The van der Waals surface area contributed by atoms with Crippen molar-refractivity contribution in [3.63, 3.8) is 0 Å². The largest absolute Gasteiger partial charge is 0.481 e. The van der Waals surface area contributed by atoms with Crippen LogP contribution in [0.15, 0.2) is 29.2 Å². The van der Waals surface area contributed by atoms with Crippen LogP contribution in [0.1, 0.15) is 6.92 Å². The number of sulfone groups is 1. The lowest BCUT2D eigenvalue weighted by Gasteiger charge is -2.11. The summed E-state index contributed by atoms with van der Waals surface area (Å²) in [5.41, 5.74) is 0.0816. The van der Waals surface area contributed by atoms with Crippen LogP contribution in [0.2, 0.25) is 0 Å². The van der Waals surface area contributed by atoms with Crippen LogP contribution in [-0.2, 0) is 19.4 Å². The predicted octanol–water partition coefficient (Wildman–Crippen LogP) is 0.749. The summed E-state index contributed by atoms with van der Waals surface area (Å²) in [6.45, 7) is 1.22. The second-order valence-electron chi connectivity index (χ2n) is 3.82. The molecule has 0 aliphatic heterocycles. The monoisotopic (exact) mass is 271 g/mol. The van der Waals surface area contributed by atoms with Crippen LogP contribution in [0.5, 0.6) is 0 Å². The van der Waals surface area contributed by atoms with Gasteiger partial charge < -0.3 is 10.4 Å². The molecule has 0 spiro atoms. The van der Waals surface area contributed by atoms with Crippen molar-refractivity contribution in [2.24, 2.45) is 5.92 Å². The molecule has 18 heavy (non-hydrogen) atoms. The van der Waals surface area contributed by atoms with E-state index in [-0.39, 0.29) is 10.6 Å². The minimum atomic E-state index is -3.49. The van der Waals surface area contributed by atoms with Gasteiger partial charge in [0.05, 0.1) is 10.6 Å². The van der Waals surface area contributed by atoms with Crippen molar-refractivity contribution < 1.29 is 23.1 Å². The van der Waals surface area contributed by atoms with Gasteiger partial charge in [-0.1, -0.05) is 12.1 Å². The molecule has 1 atom stereocenters. The first kappa shape index (κ1) is 14.2. The number of anilines is 1. The van der Waals surface area contributed by atoms with Gasteiger partial charge in [-0.2, -0.15) is 0 Å². The van der Waals surface area contributed by atoms with E-state index in [0.717, 1.165) is 6.26 Å². The molecule has 0 fully saturated rings. The Balaban J connectivity index is 3.06. The predicted molar refractivity (Wildman–Crippen MR) is 65.0 cm³/mol. The molecular weight excluding hydrogens is 258 g/mol. The average Bonchev–Trinajstić information content (AvgIpc) is 2.27. The second-order valence-corrected chi connectivity index (χ2v) is 5.80. The highest BCUT2D eigenvalue weighted by Crippen LogP contribution is 2.21. The Morgan fingerprint density at radius 3 is 2.33 bits per heavy atom. The highest BCUT2D eigenvalue weighted by atomic mass is 32.2. The van der Waals surface area contributed by atoms with Crippen LogP contribution in [0.4, 0.5) is 5.69 Å². The third kappa shape index (κ3) is 3.30. The standard InChI is InChI=1S/C11H13NO5S/c1-7(11(14)15)10(13)12-8-5-3-4-6-9(8)18(2,16)17/h3-7H,1-2H3,(H,12,13)(H,14,15). The first-order valence-corrected chi connectivity index (χ1v) is 6.95. The molecule has 1 aromatic rings. The van der Waals surface area contributed by atoms with E-state index in [0.29, 0.717) is 0 Å². The Morgan fingerprint density at radius 2 is 1.83 bits per heavy atom. The van der Waals surface area contributed by atoms with Gasteiger partial charge in [-0.05, 0) is 19.1 Å². The van der Waals surface area contributed by atoms with Crippen LogP contribution in [0.25, 0.3) is 0 Å². The van der Waals surface area contributed by atoms with E-state index in [9.17, 15) is 18.0 Å². The van der Waals surface area contributed by atoms with Crippen molar-refractivity contribution in [2.75, 3.05) is 11.6 Å². The van der Waals surface area contributed by atoms with E-state index < -0.39 is 27.6 Å². The molecule has 0 aliphatic rings. The summed E-state index contributed by atoms with van der Waals surface area (Å²) in [5.74, 6) is -3.29. The van der Waals surface area contributed by atoms with E-state index in [1.165, 1.54) is 25.1 Å². The topological polar surface area (TPSA) is 101 Å². The number of aliphatic carboxylic acids is 1. The molecule has 1 unspecified atom stereocenters. The van der Waals surface area contributed by atoms with Gasteiger partial charge in [0.15, 0.2) is 9.84 Å². The molecule has 0 saturated heterocycles. The first-order valence-electron chi connectivity index (χ1n) is 5.06. The van der Waals surface area contributed by atoms with Crippen molar-refractivity contribution in [1.29, 1.82) is 0 Å². The molecule has 7 heteroatoms. The molecule has 0 aliphatic carbocycles. The third-order valence-corrected chi connectivity index (χ3v) is 3.46. The molecule has 0 radical (unpaired) electrons. The Bertz CT molecular complexity index is 579. The van der Waals surface area contributed by atoms with Gasteiger partial charge in [-0.25, -0.2) is 8.42 Å². The molecule has 0 heterocycles. The SMILES string of the molecule is CC(C(=O)O)C(=O)Nc1ccccc1S(C)(=O)=O. The zero-order valence-corrected chi connectivity index (χ0v) is 10.7. The zero-order chi connectivity index (χ0) is 13.9. The molecule has 1 rings (SSSR count). The number of carboxylic acids is 1. The second kappa shape index (κ2) is 5.18. The maximum atomic E-state index is 11.5. The lowest BCUT2D eigenvalue weighted by molar-refractivity contribution is -0.144. The quantitative estimate of drug-likeness (QED) is 0.787. The summed E-state index contributed by atoms with van der Waals surface area (Å²) in [4.78, 5) is 22.1. The normalized spacial score (nSPS) is 12.8. The number of rotatable bonds is 4. The fraction of sp³-hybridized carbons (Fsp3) is 0.273. The van der Waals surface area contributed by atoms with Crippen LogP contribution >= 0.6 is 0 Å². The summed E-state index contributed by atoms with van der Waals surface area (Å²) < 4.78 is 22.9. The Kier molecular flexibility index (Phi) is 4.07. The minimum Gasteiger partial charge on any atom is -0.481 e. The molecule has 1 amide bonds. The fourth-order valence-corrected chi connectivity index (χ4v) is 2.09. The van der Waals surface area contributed by atoms with Gasteiger partial charge >= 0.3 is 5.97 Å². The van der Waals surface area contributed by atoms with Crippen LogP contribution in [0, 0.1) is 5.92 Å². The number of carbonyl (C=O) groups is 2. The Hall–Kier alpha value is -1.89. The molecule has 0 bridgehead atoms. The lowest BCUT2D eigenvalue weighted by Crippen LogP contribution is -2.27. The van der Waals surface area contributed by atoms with Gasteiger partial charge in [0.25, 0.3) is 0 Å². The molecule has 6 nitrogen and oxygen atoms in total. The van der Waals surface area contributed by atoms with Crippen molar-refractivity contribution in [1.82, 2.24) is 0 Å². The number of para-hydroxylation sites is 1. The smallest absolute Gasteiger partial charge is 0.315 e. The van der Waals surface area contributed by atoms with Crippen LogP contribution < -0.4 is 5.32 Å². The number of benzene rings is 1. The lowest BCUT2D eigenvalue weighted by atomic mass is 10.1. The molecular formula is C11H13NO5S. The Labute approximate surface area is 105 Å². The molecule has 1 aromatic carbocycles. The van der Waals surface area contributed by atoms with E-state index in [4.69, 9.17) is 5.11 Å². The minimum absolute atomic E-state index is 0.0454. The molecule has 2 N–H and O–H groups in total. The molecule has 0 saturated carbocycles. The van der Waals surface area contributed by atoms with E-state index >= 15 is 0 Å². The first-order chi connectivity index (χ1) is 8.23. The summed E-state index contributed by atoms with van der Waals surface area (Å²) in [5, 5.41) is 11.0. The molecule has 0 aromatic heterocycles. The summed E-state index contributed by atoms with van der Waals surface area (Å²) in [6, 6.07) is 5.82. The van der Waals surface area contributed by atoms with Gasteiger partial charge in [0.1, 0.15) is 5.92 Å². The number of nitrogens with one attached hydrogen (secondary N) is 1. The third-order valence-electron chi connectivity index (χ3n) is 2.31. The van der Waals surface area contributed by atoms with Crippen molar-refractivity contribution in [2.45, 2.75) is 11.8 Å². The van der Waals surface area contributed by atoms with Gasteiger partial charge in [0, 0.05) is 6.26 Å². The van der Waals surface area contributed by atoms with E-state index in [2.05, 4.69) is 5.32 Å². The highest BCUT2D eigenvalue weighted by Gasteiger charge is 2.22. The van der Waals surface area contributed by atoms with Gasteiger partial charge in [-0.15, -0.1) is 0 Å². The number of amides is 1. The number of carboxylic acid groups (broad SMARTS) is 1. The zero-order valence-electron chi connectivity index (χ0n) is 9.88. The van der Waals surface area contributed by atoms with Gasteiger partial charge in [0.2, 0.25) is 5.91 Å². The summed E-state index contributed by atoms with van der Waals surface area (Å²) in [6.07, 6.45) is 1.01. The average molecular weight is 271 g/mol. The van der Waals surface area contributed by atoms with Crippen molar-refractivity contribution >= 4 is 27.4 Å². The fourth-order valence-electron chi connectivity index (χ4n) is 1.25. The van der Waals surface area contributed by atoms with Gasteiger partial charge in [-0.3, -0.25) is 9.59 Å². The maximum Gasteiger partial charge on any atom is 0.315 e. The number of hydrogen-bond donors (Lipinski definition) is 2. The van der Waals surface area contributed by atoms with E-state index in [1.54, 1.807) is 6.07 Å². The number of carbonyl (C=O) groups excluding carboxylic acids is 1. The van der Waals surface area contributed by atoms with Crippen molar-refractivity contribution in [3.8, 4) is 0 Å². The summed E-state index contributed by atoms with van der Waals surface area (Å²) >= 11 is 0.